The minimum absolute atomic E-state index is 0. The number of fused-ring (bicyclic) bond motifs is 1. The summed E-state index contributed by atoms with van der Waals surface area (Å²) >= 11 is 0. The molecular formula is C18H21ClN2O2. The first-order valence-electron chi connectivity index (χ1n) is 7.58. The van der Waals surface area contributed by atoms with E-state index in [9.17, 15) is 4.79 Å². The van der Waals surface area contributed by atoms with Crippen molar-refractivity contribution in [3.05, 3.63) is 59.7 Å². The lowest BCUT2D eigenvalue weighted by Gasteiger charge is -2.18. The average Bonchev–Trinajstić information content (AvgIpc) is 2.72. The molecule has 3 rings (SSSR count). The maximum absolute atomic E-state index is 12.3. The third-order valence-corrected chi connectivity index (χ3v) is 3.87. The van der Waals surface area contributed by atoms with Crippen molar-refractivity contribution in [2.24, 2.45) is 0 Å². The van der Waals surface area contributed by atoms with E-state index in [0.29, 0.717) is 18.7 Å². The van der Waals surface area contributed by atoms with E-state index in [4.69, 9.17) is 10.5 Å². The maximum Gasteiger partial charge on any atom is 0.224 e. The van der Waals surface area contributed by atoms with Crippen LogP contribution in [0.4, 0.5) is 5.69 Å². The van der Waals surface area contributed by atoms with Gasteiger partial charge in [0.25, 0.3) is 0 Å². The minimum atomic E-state index is 0. The van der Waals surface area contributed by atoms with Crippen LogP contribution in [0.3, 0.4) is 0 Å². The Morgan fingerprint density at radius 3 is 2.70 bits per heavy atom. The predicted octanol–water partition coefficient (Wildman–Crippen LogP) is 3.26. The van der Waals surface area contributed by atoms with Crippen molar-refractivity contribution >= 4 is 24.0 Å². The summed E-state index contributed by atoms with van der Waals surface area (Å²) in [6.07, 6.45) is 2.19. The molecule has 0 saturated heterocycles. The first-order valence-corrected chi connectivity index (χ1v) is 7.58. The number of nitrogens with one attached hydrogen (secondary N) is 1. The molecule has 122 valence electrons. The van der Waals surface area contributed by atoms with Gasteiger partial charge in [0.15, 0.2) is 0 Å². The zero-order valence-corrected chi connectivity index (χ0v) is 13.6. The zero-order valence-electron chi connectivity index (χ0n) is 12.8. The quantitative estimate of drug-likeness (QED) is 0.848. The van der Waals surface area contributed by atoms with Crippen LogP contribution in [0.5, 0.6) is 5.75 Å². The van der Waals surface area contributed by atoms with Crippen LogP contribution >= 0.6 is 12.4 Å². The third-order valence-electron chi connectivity index (χ3n) is 3.87. The molecule has 0 fully saturated rings. The molecule has 1 unspecified atom stereocenters. The Balaban J connectivity index is 0.00000192. The second-order valence-electron chi connectivity index (χ2n) is 5.57. The summed E-state index contributed by atoms with van der Waals surface area (Å²) in [4.78, 5) is 12.3. The van der Waals surface area contributed by atoms with Gasteiger partial charge in [0, 0.05) is 11.3 Å². The van der Waals surface area contributed by atoms with E-state index in [-0.39, 0.29) is 24.4 Å². The Morgan fingerprint density at radius 2 is 1.91 bits per heavy atom. The molecular weight excluding hydrogens is 312 g/mol. The lowest BCUT2D eigenvalue weighted by Crippen LogP contribution is -2.29. The van der Waals surface area contributed by atoms with Gasteiger partial charge in [0.2, 0.25) is 5.91 Å². The smallest absolute Gasteiger partial charge is 0.224 e. The Kier molecular flexibility index (Phi) is 5.88. The molecule has 0 radical (unpaired) electrons. The van der Waals surface area contributed by atoms with Crippen LogP contribution in [0.2, 0.25) is 0 Å². The summed E-state index contributed by atoms with van der Waals surface area (Å²) in [6, 6.07) is 15.3. The Labute approximate surface area is 142 Å². The highest BCUT2D eigenvalue weighted by molar-refractivity contribution is 5.85. The van der Waals surface area contributed by atoms with Crippen molar-refractivity contribution in [1.29, 1.82) is 0 Å². The first kappa shape index (κ1) is 17.2. The van der Waals surface area contributed by atoms with Gasteiger partial charge in [-0.25, -0.2) is 0 Å². The van der Waals surface area contributed by atoms with E-state index >= 15 is 0 Å². The molecule has 1 aliphatic rings. The second-order valence-corrected chi connectivity index (χ2v) is 5.57. The Bertz CT molecular complexity index is 658. The maximum atomic E-state index is 12.3. The summed E-state index contributed by atoms with van der Waals surface area (Å²) in [5.74, 6) is 0.893. The molecule has 1 heterocycles. The van der Waals surface area contributed by atoms with E-state index in [0.717, 1.165) is 29.7 Å². The molecule has 1 aliphatic heterocycles. The lowest BCUT2D eigenvalue weighted by molar-refractivity contribution is -0.121. The number of carbonyl (C=O) groups is 1. The van der Waals surface area contributed by atoms with Crippen molar-refractivity contribution in [3.63, 3.8) is 0 Å². The molecule has 5 heteroatoms. The number of hydrogen-bond acceptors (Lipinski definition) is 3. The Morgan fingerprint density at radius 1 is 1.17 bits per heavy atom. The predicted molar refractivity (Wildman–Crippen MR) is 93.9 cm³/mol. The van der Waals surface area contributed by atoms with Gasteiger partial charge in [-0.1, -0.05) is 30.3 Å². The number of amides is 1. The van der Waals surface area contributed by atoms with Gasteiger partial charge >= 0.3 is 0 Å². The van der Waals surface area contributed by atoms with Crippen molar-refractivity contribution < 1.29 is 9.53 Å². The molecule has 0 aromatic heterocycles. The molecule has 23 heavy (non-hydrogen) atoms. The SMILES string of the molecule is Cl.Nc1ccc(CC(=O)NC2CCCOc3ccccc32)cc1. The average molecular weight is 333 g/mol. The summed E-state index contributed by atoms with van der Waals surface area (Å²) in [7, 11) is 0. The lowest BCUT2D eigenvalue weighted by atomic mass is 10.0. The molecule has 0 aliphatic carbocycles. The van der Waals surface area contributed by atoms with E-state index in [1.807, 2.05) is 48.5 Å². The first-order chi connectivity index (χ1) is 10.7. The van der Waals surface area contributed by atoms with Crippen molar-refractivity contribution in [1.82, 2.24) is 5.32 Å². The largest absolute Gasteiger partial charge is 0.493 e. The highest BCUT2D eigenvalue weighted by Gasteiger charge is 2.21. The molecule has 0 bridgehead atoms. The van der Waals surface area contributed by atoms with Crippen LogP contribution in [0, 0.1) is 0 Å². The number of para-hydroxylation sites is 1. The molecule has 4 nitrogen and oxygen atoms in total. The molecule has 3 N–H and O–H groups in total. The van der Waals surface area contributed by atoms with Gasteiger partial charge in [-0.15, -0.1) is 12.4 Å². The van der Waals surface area contributed by atoms with Crippen molar-refractivity contribution in [2.45, 2.75) is 25.3 Å². The fourth-order valence-electron chi connectivity index (χ4n) is 2.74. The van der Waals surface area contributed by atoms with Crippen LogP contribution in [-0.2, 0) is 11.2 Å². The van der Waals surface area contributed by atoms with Gasteiger partial charge in [-0.05, 0) is 36.6 Å². The third kappa shape index (κ3) is 4.39. The highest BCUT2D eigenvalue weighted by Crippen LogP contribution is 2.31. The summed E-state index contributed by atoms with van der Waals surface area (Å²) < 4.78 is 5.73. The minimum Gasteiger partial charge on any atom is -0.493 e. The number of benzene rings is 2. The van der Waals surface area contributed by atoms with Gasteiger partial charge in [0.1, 0.15) is 5.75 Å². The normalized spacial score (nSPS) is 16.3. The fraction of sp³-hybridized carbons (Fsp3) is 0.278. The molecule has 0 saturated carbocycles. The van der Waals surface area contributed by atoms with E-state index in [1.165, 1.54) is 0 Å². The van der Waals surface area contributed by atoms with Crippen molar-refractivity contribution in [2.75, 3.05) is 12.3 Å². The van der Waals surface area contributed by atoms with Gasteiger partial charge < -0.3 is 15.8 Å². The molecule has 2 aromatic rings. The van der Waals surface area contributed by atoms with Gasteiger partial charge in [-0.2, -0.15) is 0 Å². The number of carbonyl (C=O) groups excluding carboxylic acids is 1. The van der Waals surface area contributed by atoms with Crippen molar-refractivity contribution in [3.8, 4) is 5.75 Å². The van der Waals surface area contributed by atoms with E-state index in [1.54, 1.807) is 0 Å². The number of anilines is 1. The molecule has 1 amide bonds. The second kappa shape index (κ2) is 7.88. The summed E-state index contributed by atoms with van der Waals surface area (Å²) in [5, 5.41) is 3.13. The van der Waals surface area contributed by atoms with Crippen LogP contribution in [-0.4, -0.2) is 12.5 Å². The van der Waals surface area contributed by atoms with Gasteiger partial charge in [-0.3, -0.25) is 4.79 Å². The number of ether oxygens (including phenoxy) is 1. The van der Waals surface area contributed by atoms with Crippen LogP contribution in [0.1, 0.15) is 30.0 Å². The van der Waals surface area contributed by atoms with E-state index < -0.39 is 0 Å². The number of halogens is 1. The summed E-state index contributed by atoms with van der Waals surface area (Å²) in [5.41, 5.74) is 8.39. The van der Waals surface area contributed by atoms with Crippen LogP contribution in [0.15, 0.2) is 48.5 Å². The number of rotatable bonds is 3. The standard InChI is InChI=1S/C18H20N2O2.ClH/c19-14-9-7-13(8-10-14)12-18(21)20-16-5-3-11-22-17-6-2-1-4-15(16)17;/h1-2,4,6-10,16H,3,5,11-12,19H2,(H,20,21);1H. The van der Waals surface area contributed by atoms with Crippen LogP contribution in [0.25, 0.3) is 0 Å². The van der Waals surface area contributed by atoms with Crippen LogP contribution < -0.4 is 15.8 Å². The zero-order chi connectivity index (χ0) is 15.4. The molecule has 1 atom stereocenters. The monoisotopic (exact) mass is 332 g/mol. The fourth-order valence-corrected chi connectivity index (χ4v) is 2.74. The highest BCUT2D eigenvalue weighted by atomic mass is 35.5. The van der Waals surface area contributed by atoms with Gasteiger partial charge in [0.05, 0.1) is 19.1 Å². The molecule has 2 aromatic carbocycles. The summed E-state index contributed by atoms with van der Waals surface area (Å²) in [6.45, 7) is 0.696. The number of nitrogens with two attached hydrogens (primary N) is 1. The topological polar surface area (TPSA) is 64.4 Å². The number of hydrogen-bond donors (Lipinski definition) is 2. The van der Waals surface area contributed by atoms with E-state index in [2.05, 4.69) is 5.32 Å². The Hall–Kier alpha value is -2.20. The number of nitrogen functional groups attached to an aromatic ring is 1. The molecule has 0 spiro atoms.